The Morgan fingerprint density at radius 1 is 1.67 bits per heavy atom. The number of hydrogen-bond donors (Lipinski definition) is 3. The van der Waals surface area contributed by atoms with E-state index in [0.29, 0.717) is 12.1 Å². The van der Waals surface area contributed by atoms with Crippen molar-refractivity contribution in [1.29, 1.82) is 0 Å². The number of carbonyl (C=O) groups excluding carboxylic acids is 1. The van der Waals surface area contributed by atoms with Crippen LogP contribution in [-0.2, 0) is 4.79 Å². The molecule has 1 aromatic rings. The van der Waals surface area contributed by atoms with Crippen molar-refractivity contribution in [2.75, 3.05) is 5.32 Å². The van der Waals surface area contributed by atoms with E-state index < -0.39 is 6.04 Å². The van der Waals surface area contributed by atoms with Gasteiger partial charge in [-0.25, -0.2) is 0 Å². The summed E-state index contributed by atoms with van der Waals surface area (Å²) in [5.74, 6) is -0.277. The summed E-state index contributed by atoms with van der Waals surface area (Å²) in [5, 5.41) is 12.0. The third-order valence-corrected chi connectivity index (χ3v) is 2.49. The van der Waals surface area contributed by atoms with Crippen LogP contribution in [0.25, 0.3) is 0 Å². The second-order valence-corrected chi connectivity index (χ2v) is 4.08. The highest BCUT2D eigenvalue weighted by Gasteiger charge is 2.12. The summed E-state index contributed by atoms with van der Waals surface area (Å²) in [7, 11) is 0. The molecule has 1 aromatic carbocycles. The molecule has 0 aromatic heterocycles. The van der Waals surface area contributed by atoms with E-state index in [2.05, 4.69) is 21.2 Å². The number of carbonyl (C=O) groups is 1. The van der Waals surface area contributed by atoms with Crippen molar-refractivity contribution in [1.82, 2.24) is 0 Å². The normalized spacial score (nSPS) is 12.2. The predicted octanol–water partition coefficient (Wildman–Crippen LogP) is 1.83. The van der Waals surface area contributed by atoms with Gasteiger partial charge in [-0.1, -0.05) is 22.9 Å². The lowest BCUT2D eigenvalue weighted by atomic mass is 10.2. The molecule has 82 valence electrons. The van der Waals surface area contributed by atoms with E-state index in [1.54, 1.807) is 12.1 Å². The van der Waals surface area contributed by atoms with Crippen molar-refractivity contribution in [2.24, 2.45) is 5.73 Å². The Bertz CT molecular complexity index is 368. The summed E-state index contributed by atoms with van der Waals surface area (Å²) in [4.78, 5) is 11.4. The molecule has 0 heterocycles. The largest absolute Gasteiger partial charge is 0.506 e. The summed E-state index contributed by atoms with van der Waals surface area (Å²) in [6.45, 7) is 1.82. The molecule has 1 atom stereocenters. The number of halogens is 1. The number of aromatic hydroxyl groups is 1. The average Bonchev–Trinajstić information content (AvgIpc) is 2.22. The highest BCUT2D eigenvalue weighted by molar-refractivity contribution is 9.10. The van der Waals surface area contributed by atoms with Crippen molar-refractivity contribution in [2.45, 2.75) is 19.4 Å². The number of nitrogens with two attached hydrogens (primary N) is 1. The maximum Gasteiger partial charge on any atom is 0.241 e. The van der Waals surface area contributed by atoms with Gasteiger partial charge < -0.3 is 16.2 Å². The van der Waals surface area contributed by atoms with Gasteiger partial charge in [-0.05, 0) is 24.6 Å². The highest BCUT2D eigenvalue weighted by Crippen LogP contribution is 2.26. The number of phenols is 1. The molecule has 0 saturated carbocycles. The molecule has 1 rings (SSSR count). The third kappa shape index (κ3) is 3.21. The Hall–Kier alpha value is -1.07. The third-order valence-electron chi connectivity index (χ3n) is 1.99. The average molecular weight is 273 g/mol. The van der Waals surface area contributed by atoms with Crippen molar-refractivity contribution in [3.05, 3.63) is 22.7 Å². The van der Waals surface area contributed by atoms with E-state index in [1.165, 1.54) is 6.07 Å². The molecule has 0 fully saturated rings. The number of amides is 1. The number of phenolic OH excluding ortho intramolecular Hbond substituents is 1. The second kappa shape index (κ2) is 5.14. The fourth-order valence-electron chi connectivity index (χ4n) is 1.02. The predicted molar refractivity (Wildman–Crippen MR) is 62.7 cm³/mol. The molecule has 0 aliphatic heterocycles. The minimum Gasteiger partial charge on any atom is -0.506 e. The van der Waals surface area contributed by atoms with Crippen LogP contribution in [0.2, 0.25) is 0 Å². The number of anilines is 1. The van der Waals surface area contributed by atoms with E-state index in [1.807, 2.05) is 6.92 Å². The van der Waals surface area contributed by atoms with E-state index >= 15 is 0 Å². The summed E-state index contributed by atoms with van der Waals surface area (Å²) < 4.78 is 0.778. The Morgan fingerprint density at radius 3 is 2.93 bits per heavy atom. The summed E-state index contributed by atoms with van der Waals surface area (Å²) in [6, 6.07) is 4.25. The van der Waals surface area contributed by atoms with Crippen LogP contribution in [0.1, 0.15) is 13.3 Å². The van der Waals surface area contributed by atoms with E-state index in [9.17, 15) is 9.90 Å². The summed E-state index contributed by atoms with van der Waals surface area (Å²) in [5.41, 5.74) is 5.91. The summed E-state index contributed by atoms with van der Waals surface area (Å²) in [6.07, 6.45) is 0.556. The van der Waals surface area contributed by atoms with Gasteiger partial charge in [0.25, 0.3) is 0 Å². The van der Waals surface area contributed by atoms with Gasteiger partial charge in [-0.3, -0.25) is 4.79 Å². The van der Waals surface area contributed by atoms with Gasteiger partial charge >= 0.3 is 0 Å². The molecule has 5 heteroatoms. The number of hydrogen-bond acceptors (Lipinski definition) is 3. The quantitative estimate of drug-likeness (QED) is 0.735. The van der Waals surface area contributed by atoms with Crippen LogP contribution in [0.4, 0.5) is 5.69 Å². The Morgan fingerprint density at radius 2 is 2.33 bits per heavy atom. The standard InChI is InChI=1S/C10H13BrN2O2/c1-2-7(12)10(15)13-8-5-6(11)3-4-9(8)14/h3-5,7,14H,2,12H2,1H3,(H,13,15)/t7-/m0/s1. The van der Waals surface area contributed by atoms with Gasteiger partial charge in [0.2, 0.25) is 5.91 Å². The zero-order valence-corrected chi connectivity index (χ0v) is 9.91. The second-order valence-electron chi connectivity index (χ2n) is 3.17. The lowest BCUT2D eigenvalue weighted by Crippen LogP contribution is -2.34. The Kier molecular flexibility index (Phi) is 4.11. The minimum atomic E-state index is -0.552. The molecule has 0 spiro atoms. The Balaban J connectivity index is 2.80. The molecule has 0 bridgehead atoms. The lowest BCUT2D eigenvalue weighted by Gasteiger charge is -2.11. The fraction of sp³-hybridized carbons (Fsp3) is 0.300. The SMILES string of the molecule is CC[C@H](N)C(=O)Nc1cc(Br)ccc1O. The molecular formula is C10H13BrN2O2. The zero-order chi connectivity index (χ0) is 11.4. The monoisotopic (exact) mass is 272 g/mol. The highest BCUT2D eigenvalue weighted by atomic mass is 79.9. The maximum absolute atomic E-state index is 11.4. The van der Waals surface area contributed by atoms with Crippen LogP contribution < -0.4 is 11.1 Å². The van der Waals surface area contributed by atoms with Gasteiger partial charge in [0.15, 0.2) is 0 Å². The van der Waals surface area contributed by atoms with Gasteiger partial charge in [-0.2, -0.15) is 0 Å². The molecule has 0 unspecified atom stereocenters. The van der Waals surface area contributed by atoms with Crippen molar-refractivity contribution >= 4 is 27.5 Å². The number of benzene rings is 1. The first kappa shape index (κ1) is 12.0. The van der Waals surface area contributed by atoms with Crippen molar-refractivity contribution in [3.63, 3.8) is 0 Å². The van der Waals surface area contributed by atoms with Gasteiger partial charge in [0.05, 0.1) is 11.7 Å². The van der Waals surface area contributed by atoms with Crippen LogP contribution >= 0.6 is 15.9 Å². The minimum absolute atomic E-state index is 0.0230. The maximum atomic E-state index is 11.4. The van der Waals surface area contributed by atoms with Gasteiger partial charge in [0.1, 0.15) is 5.75 Å². The van der Waals surface area contributed by atoms with Crippen LogP contribution in [-0.4, -0.2) is 17.1 Å². The summed E-state index contributed by atoms with van der Waals surface area (Å²) >= 11 is 3.25. The molecule has 4 N–H and O–H groups in total. The topological polar surface area (TPSA) is 75.4 Å². The Labute approximate surface area is 96.6 Å². The zero-order valence-electron chi connectivity index (χ0n) is 8.33. The number of nitrogens with one attached hydrogen (secondary N) is 1. The molecular weight excluding hydrogens is 260 g/mol. The van der Waals surface area contributed by atoms with Crippen molar-refractivity contribution in [3.8, 4) is 5.75 Å². The van der Waals surface area contributed by atoms with Crippen LogP contribution in [0.5, 0.6) is 5.75 Å². The molecule has 1 amide bonds. The number of rotatable bonds is 3. The molecule has 4 nitrogen and oxygen atoms in total. The molecule has 15 heavy (non-hydrogen) atoms. The van der Waals surface area contributed by atoms with E-state index in [-0.39, 0.29) is 11.7 Å². The van der Waals surface area contributed by atoms with Crippen LogP contribution in [0.15, 0.2) is 22.7 Å². The van der Waals surface area contributed by atoms with Gasteiger partial charge in [-0.15, -0.1) is 0 Å². The van der Waals surface area contributed by atoms with Crippen LogP contribution in [0, 0.1) is 0 Å². The van der Waals surface area contributed by atoms with Crippen LogP contribution in [0.3, 0.4) is 0 Å². The molecule has 0 radical (unpaired) electrons. The van der Waals surface area contributed by atoms with E-state index in [0.717, 1.165) is 4.47 Å². The first-order valence-corrected chi connectivity index (χ1v) is 5.39. The first-order chi connectivity index (χ1) is 7.04. The smallest absolute Gasteiger partial charge is 0.241 e. The van der Waals surface area contributed by atoms with E-state index in [4.69, 9.17) is 5.73 Å². The van der Waals surface area contributed by atoms with Gasteiger partial charge in [0, 0.05) is 4.47 Å². The fourth-order valence-corrected chi connectivity index (χ4v) is 1.38. The molecule has 0 aliphatic rings. The lowest BCUT2D eigenvalue weighted by molar-refractivity contribution is -0.117. The first-order valence-electron chi connectivity index (χ1n) is 4.59. The molecule has 0 saturated heterocycles. The van der Waals surface area contributed by atoms with Crippen molar-refractivity contribution < 1.29 is 9.90 Å². The molecule has 0 aliphatic carbocycles.